The lowest BCUT2D eigenvalue weighted by Crippen LogP contribution is -2.27. The molecule has 0 aliphatic carbocycles. The molecule has 4 rings (SSSR count). The summed E-state index contributed by atoms with van der Waals surface area (Å²) in [7, 11) is 0. The number of hydrogen-bond donors (Lipinski definition) is 0. The van der Waals surface area contributed by atoms with Crippen LogP contribution in [-0.2, 0) is 11.3 Å². The lowest BCUT2D eigenvalue weighted by Gasteiger charge is -2.29. The van der Waals surface area contributed by atoms with E-state index >= 15 is 0 Å². The molecule has 0 radical (unpaired) electrons. The third kappa shape index (κ3) is 2.02. The van der Waals surface area contributed by atoms with E-state index in [4.69, 9.17) is 16.4 Å². The minimum Gasteiger partial charge on any atom is -0.269 e. The highest BCUT2D eigenvalue weighted by Crippen LogP contribution is 2.47. The van der Waals surface area contributed by atoms with Crippen molar-refractivity contribution in [1.82, 2.24) is 0 Å². The first-order valence-corrected chi connectivity index (χ1v) is 8.19. The predicted octanol–water partition coefficient (Wildman–Crippen LogP) is 4.97. The second-order valence-electron chi connectivity index (χ2n) is 4.92. The van der Waals surface area contributed by atoms with Crippen LogP contribution in [0.2, 0.25) is 5.02 Å². The molecule has 0 unspecified atom stereocenters. The Hall–Kier alpha value is -0.550. The molecule has 5 heteroatoms. The topological polar surface area (TPSA) is 12.5 Å². The summed E-state index contributed by atoms with van der Waals surface area (Å²) < 4.78 is 1.17. The van der Waals surface area contributed by atoms with Crippen LogP contribution < -0.4 is 5.06 Å². The van der Waals surface area contributed by atoms with Gasteiger partial charge in [-0.25, -0.2) is 5.06 Å². The highest BCUT2D eigenvalue weighted by atomic mass is 79.9. The number of hydroxylamine groups is 1. The molecule has 2 aliphatic heterocycles. The van der Waals surface area contributed by atoms with Crippen LogP contribution in [0.3, 0.4) is 0 Å². The second kappa shape index (κ2) is 4.48. The van der Waals surface area contributed by atoms with Crippen molar-refractivity contribution in [3.05, 3.63) is 49.6 Å². The maximum absolute atomic E-state index is 6.09. The molecule has 98 valence electrons. The van der Waals surface area contributed by atoms with E-state index in [-0.39, 0.29) is 6.10 Å². The van der Waals surface area contributed by atoms with Crippen LogP contribution in [0.5, 0.6) is 0 Å². The van der Waals surface area contributed by atoms with Crippen LogP contribution in [0.1, 0.15) is 22.9 Å². The van der Waals surface area contributed by atoms with Crippen molar-refractivity contribution >= 4 is 44.6 Å². The van der Waals surface area contributed by atoms with Crippen LogP contribution in [-0.4, -0.2) is 6.10 Å². The molecule has 2 aromatic rings. The predicted molar refractivity (Wildman–Crippen MR) is 81.9 cm³/mol. The Labute approximate surface area is 129 Å². The summed E-state index contributed by atoms with van der Waals surface area (Å²) in [6.45, 7) is 0. The van der Waals surface area contributed by atoms with Gasteiger partial charge < -0.3 is 0 Å². The fourth-order valence-electron chi connectivity index (χ4n) is 2.88. The van der Waals surface area contributed by atoms with Crippen molar-refractivity contribution < 1.29 is 4.84 Å². The minimum absolute atomic E-state index is 0.275. The van der Waals surface area contributed by atoms with E-state index < -0.39 is 0 Å². The Morgan fingerprint density at radius 3 is 3.00 bits per heavy atom. The van der Waals surface area contributed by atoms with Crippen LogP contribution in [0.25, 0.3) is 0 Å². The Morgan fingerprint density at radius 2 is 2.21 bits per heavy atom. The summed E-state index contributed by atoms with van der Waals surface area (Å²) in [5.74, 6) is 0. The number of nitrogens with zero attached hydrogens (tertiary/aromatic N) is 1. The van der Waals surface area contributed by atoms with Crippen LogP contribution >= 0.6 is 38.9 Å². The summed E-state index contributed by atoms with van der Waals surface area (Å²) >= 11 is 11.4. The Bertz CT molecular complexity index is 644. The zero-order valence-corrected chi connectivity index (χ0v) is 13.1. The van der Waals surface area contributed by atoms with E-state index in [0.29, 0.717) is 6.04 Å². The first-order valence-electron chi connectivity index (χ1n) is 6.20. The molecule has 0 spiro atoms. The Kier molecular flexibility index (Phi) is 2.88. The van der Waals surface area contributed by atoms with E-state index in [9.17, 15) is 0 Å². The summed E-state index contributed by atoms with van der Waals surface area (Å²) in [6, 6.07) is 10.7. The maximum Gasteiger partial charge on any atom is 0.0933 e. The van der Waals surface area contributed by atoms with Crippen molar-refractivity contribution in [2.24, 2.45) is 0 Å². The molecular weight excluding hydrogens is 346 g/mol. The molecule has 1 saturated heterocycles. The molecule has 0 saturated carbocycles. The number of anilines is 1. The minimum atomic E-state index is 0.275. The molecule has 19 heavy (non-hydrogen) atoms. The quantitative estimate of drug-likeness (QED) is 0.715. The van der Waals surface area contributed by atoms with Crippen LogP contribution in [0.15, 0.2) is 34.1 Å². The van der Waals surface area contributed by atoms with Crippen molar-refractivity contribution in [2.75, 3.05) is 5.06 Å². The van der Waals surface area contributed by atoms with Crippen molar-refractivity contribution in [1.29, 1.82) is 0 Å². The average Bonchev–Trinajstić information content (AvgIpc) is 2.94. The van der Waals surface area contributed by atoms with E-state index in [1.54, 1.807) is 11.3 Å². The lowest BCUT2D eigenvalue weighted by molar-refractivity contribution is 0.0736. The van der Waals surface area contributed by atoms with Gasteiger partial charge in [-0.1, -0.05) is 11.6 Å². The third-order valence-corrected chi connectivity index (χ3v) is 5.64. The van der Waals surface area contributed by atoms with E-state index in [1.165, 1.54) is 14.2 Å². The van der Waals surface area contributed by atoms with Gasteiger partial charge in [0.25, 0.3) is 0 Å². The largest absolute Gasteiger partial charge is 0.269 e. The molecule has 3 heterocycles. The summed E-state index contributed by atoms with van der Waals surface area (Å²) in [5, 5.41) is 2.87. The fourth-order valence-corrected chi connectivity index (χ4v) is 4.60. The number of fused-ring (bicyclic) bond motifs is 4. The molecule has 1 aromatic heterocycles. The zero-order chi connectivity index (χ0) is 13.0. The van der Waals surface area contributed by atoms with Gasteiger partial charge in [-0.15, -0.1) is 11.3 Å². The zero-order valence-electron chi connectivity index (χ0n) is 9.98. The van der Waals surface area contributed by atoms with Crippen molar-refractivity contribution in [3.63, 3.8) is 0 Å². The number of benzene rings is 1. The van der Waals surface area contributed by atoms with Gasteiger partial charge in [0.05, 0.1) is 21.6 Å². The van der Waals surface area contributed by atoms with Gasteiger partial charge in [-0.2, -0.15) is 0 Å². The maximum atomic E-state index is 6.09. The Balaban J connectivity index is 1.77. The van der Waals surface area contributed by atoms with Gasteiger partial charge in [-0.05, 0) is 51.8 Å². The first kappa shape index (κ1) is 12.2. The van der Waals surface area contributed by atoms with E-state index in [2.05, 4.69) is 45.3 Å². The van der Waals surface area contributed by atoms with Gasteiger partial charge in [0.15, 0.2) is 0 Å². The molecule has 2 bridgehead atoms. The molecule has 1 fully saturated rings. The molecule has 2 aliphatic rings. The summed E-state index contributed by atoms with van der Waals surface area (Å²) in [6.07, 6.45) is 2.27. The SMILES string of the molecule is Clc1ccc2c(c1)C[C@H]1C[C@@H](c3ccc(Br)s3)N2O1. The number of thiophene rings is 1. The number of halogens is 2. The van der Waals surface area contributed by atoms with Crippen LogP contribution in [0, 0.1) is 0 Å². The molecule has 1 aromatic carbocycles. The molecule has 0 amide bonds. The van der Waals surface area contributed by atoms with Gasteiger partial charge in [0.2, 0.25) is 0 Å². The average molecular weight is 357 g/mol. The normalized spacial score (nSPS) is 24.6. The molecule has 2 atom stereocenters. The number of rotatable bonds is 1. The van der Waals surface area contributed by atoms with Gasteiger partial charge >= 0.3 is 0 Å². The standard InChI is InChI=1S/C14H11BrClNOS/c15-14-4-3-13(19-14)12-7-10-6-8-5-9(16)1-2-11(8)17(12)18-10/h1-5,10,12H,6-7H2/t10-,12-/m0/s1. The lowest BCUT2D eigenvalue weighted by atomic mass is 10.0. The van der Waals surface area contributed by atoms with Gasteiger partial charge in [-0.3, -0.25) is 4.84 Å². The smallest absolute Gasteiger partial charge is 0.0933 e. The van der Waals surface area contributed by atoms with Crippen molar-refractivity contribution in [2.45, 2.75) is 25.0 Å². The summed E-state index contributed by atoms with van der Waals surface area (Å²) in [5.41, 5.74) is 2.45. The van der Waals surface area contributed by atoms with Crippen LogP contribution in [0.4, 0.5) is 5.69 Å². The molecule has 0 N–H and O–H groups in total. The second-order valence-corrected chi connectivity index (χ2v) is 7.85. The van der Waals surface area contributed by atoms with E-state index in [1.807, 2.05) is 6.07 Å². The summed E-state index contributed by atoms with van der Waals surface area (Å²) in [4.78, 5) is 7.37. The highest BCUT2D eigenvalue weighted by Gasteiger charge is 2.40. The third-order valence-electron chi connectivity index (χ3n) is 3.68. The first-order chi connectivity index (χ1) is 9.20. The van der Waals surface area contributed by atoms with Gasteiger partial charge in [0.1, 0.15) is 0 Å². The highest BCUT2D eigenvalue weighted by molar-refractivity contribution is 9.11. The van der Waals surface area contributed by atoms with Crippen molar-refractivity contribution in [3.8, 4) is 0 Å². The number of hydrogen-bond acceptors (Lipinski definition) is 3. The fraction of sp³-hybridized carbons (Fsp3) is 0.286. The molecule has 2 nitrogen and oxygen atoms in total. The van der Waals surface area contributed by atoms with Gasteiger partial charge in [0, 0.05) is 22.7 Å². The molecular formula is C14H11BrClNOS. The Morgan fingerprint density at radius 1 is 1.32 bits per heavy atom. The monoisotopic (exact) mass is 355 g/mol. The van der Waals surface area contributed by atoms with E-state index in [0.717, 1.165) is 23.6 Å².